The van der Waals surface area contributed by atoms with Crippen molar-refractivity contribution in [3.8, 4) is 0 Å². The first-order valence-corrected chi connectivity index (χ1v) is 6.39. The third-order valence-corrected chi connectivity index (χ3v) is 2.85. The maximum absolute atomic E-state index is 12.9. The van der Waals surface area contributed by atoms with Gasteiger partial charge in [0.15, 0.2) is 0 Å². The number of nitrogens with zero attached hydrogens (tertiary/aromatic N) is 2. The highest BCUT2D eigenvalue weighted by atomic mass is 19.1. The summed E-state index contributed by atoms with van der Waals surface area (Å²) in [6, 6.07) is 5.82. The molecule has 20 heavy (non-hydrogen) atoms. The summed E-state index contributed by atoms with van der Waals surface area (Å²) in [5.41, 5.74) is 7.24. The first-order valence-electron chi connectivity index (χ1n) is 6.39. The molecule has 1 heterocycles. The Morgan fingerprint density at radius 3 is 2.90 bits per heavy atom. The Balaban J connectivity index is 1.80. The quantitative estimate of drug-likeness (QED) is 0.823. The summed E-state index contributed by atoms with van der Waals surface area (Å²) < 4.78 is 14.7. The van der Waals surface area contributed by atoms with Crippen LogP contribution in [0.4, 0.5) is 15.8 Å². The molecule has 2 rings (SSSR count). The minimum Gasteiger partial charge on any atom is -0.397 e. The molecule has 0 spiro atoms. The topological polar surface area (TPSA) is 72.9 Å². The zero-order valence-electron chi connectivity index (χ0n) is 11.3. The molecule has 1 amide bonds. The monoisotopic (exact) mass is 276 g/mol. The van der Waals surface area contributed by atoms with E-state index in [1.165, 1.54) is 18.2 Å². The Bertz CT molecular complexity index is 609. The maximum atomic E-state index is 12.9. The van der Waals surface area contributed by atoms with Crippen molar-refractivity contribution in [2.24, 2.45) is 0 Å². The smallest absolute Gasteiger partial charge is 0.224 e. The first-order chi connectivity index (χ1) is 9.54. The fourth-order valence-electron chi connectivity index (χ4n) is 1.85. The number of nitrogens with one attached hydrogen (secondary N) is 1. The zero-order chi connectivity index (χ0) is 14.5. The second-order valence-electron chi connectivity index (χ2n) is 4.60. The molecule has 0 radical (unpaired) electrons. The van der Waals surface area contributed by atoms with Crippen LogP contribution in [0.5, 0.6) is 0 Å². The molecule has 0 saturated heterocycles. The molecule has 0 aliphatic carbocycles. The Morgan fingerprint density at radius 1 is 1.45 bits per heavy atom. The van der Waals surface area contributed by atoms with Gasteiger partial charge in [0.1, 0.15) is 5.82 Å². The summed E-state index contributed by atoms with van der Waals surface area (Å²) in [7, 11) is 0. The van der Waals surface area contributed by atoms with Crippen LogP contribution in [0, 0.1) is 12.7 Å². The van der Waals surface area contributed by atoms with Gasteiger partial charge in [0, 0.05) is 19.2 Å². The van der Waals surface area contributed by atoms with E-state index in [9.17, 15) is 9.18 Å². The van der Waals surface area contributed by atoms with Crippen LogP contribution < -0.4 is 11.1 Å². The zero-order valence-corrected chi connectivity index (χ0v) is 11.3. The van der Waals surface area contributed by atoms with Crippen LogP contribution in [0.15, 0.2) is 30.5 Å². The molecule has 106 valence electrons. The molecule has 0 bridgehead atoms. The van der Waals surface area contributed by atoms with Gasteiger partial charge < -0.3 is 11.1 Å². The number of carbonyl (C=O) groups excluding carboxylic acids is 1. The van der Waals surface area contributed by atoms with E-state index < -0.39 is 5.82 Å². The fourth-order valence-corrected chi connectivity index (χ4v) is 1.85. The van der Waals surface area contributed by atoms with Crippen molar-refractivity contribution in [1.29, 1.82) is 0 Å². The first kappa shape index (κ1) is 14.0. The van der Waals surface area contributed by atoms with Crippen molar-refractivity contribution < 1.29 is 9.18 Å². The molecule has 0 aliphatic heterocycles. The third-order valence-electron chi connectivity index (χ3n) is 2.85. The Morgan fingerprint density at radius 2 is 2.25 bits per heavy atom. The minimum absolute atomic E-state index is 0.146. The van der Waals surface area contributed by atoms with E-state index in [0.29, 0.717) is 25.1 Å². The van der Waals surface area contributed by atoms with Crippen LogP contribution in [0.2, 0.25) is 0 Å². The summed E-state index contributed by atoms with van der Waals surface area (Å²) in [4.78, 5) is 11.8. The minimum atomic E-state index is -0.422. The molecule has 3 N–H and O–H groups in total. The van der Waals surface area contributed by atoms with Gasteiger partial charge in [-0.1, -0.05) is 0 Å². The highest BCUT2D eigenvalue weighted by Gasteiger charge is 2.06. The van der Waals surface area contributed by atoms with Crippen molar-refractivity contribution in [2.75, 3.05) is 11.1 Å². The van der Waals surface area contributed by atoms with Gasteiger partial charge in [0.2, 0.25) is 5.91 Å². The Kier molecular flexibility index (Phi) is 4.34. The van der Waals surface area contributed by atoms with Crippen LogP contribution in [0.1, 0.15) is 18.5 Å². The summed E-state index contributed by atoms with van der Waals surface area (Å²) in [6.07, 6.45) is 2.91. The van der Waals surface area contributed by atoms with E-state index in [1.54, 1.807) is 4.68 Å². The number of nitrogens with two attached hydrogens (primary N) is 1. The number of halogens is 1. The lowest BCUT2D eigenvalue weighted by Crippen LogP contribution is -2.14. The molecular formula is C14H17FN4O. The number of hydrogen-bond acceptors (Lipinski definition) is 3. The van der Waals surface area contributed by atoms with Crippen molar-refractivity contribution in [3.05, 3.63) is 42.0 Å². The number of aromatic nitrogens is 2. The Hall–Kier alpha value is -2.37. The second kappa shape index (κ2) is 6.18. The van der Waals surface area contributed by atoms with E-state index in [2.05, 4.69) is 10.4 Å². The summed E-state index contributed by atoms with van der Waals surface area (Å²) in [5, 5.41) is 6.91. The van der Waals surface area contributed by atoms with Gasteiger partial charge in [-0.3, -0.25) is 9.48 Å². The van der Waals surface area contributed by atoms with Crippen LogP contribution in [-0.4, -0.2) is 15.7 Å². The summed E-state index contributed by atoms with van der Waals surface area (Å²) in [5.74, 6) is -0.568. The normalized spacial score (nSPS) is 10.5. The molecule has 0 fully saturated rings. The standard InChI is InChI=1S/C14H17FN4O/c1-10-6-8-19(18-10)7-2-3-14(20)17-13-5-4-11(15)9-12(13)16/h4-6,8-9H,2-3,7,16H2,1H3,(H,17,20). The highest BCUT2D eigenvalue weighted by Crippen LogP contribution is 2.19. The lowest BCUT2D eigenvalue weighted by atomic mass is 10.2. The molecule has 1 aromatic heterocycles. The van der Waals surface area contributed by atoms with Crippen molar-refractivity contribution in [3.63, 3.8) is 0 Å². The maximum Gasteiger partial charge on any atom is 0.224 e. The molecule has 6 heteroatoms. The number of benzene rings is 1. The highest BCUT2D eigenvalue weighted by molar-refractivity contribution is 5.93. The fraction of sp³-hybridized carbons (Fsp3) is 0.286. The van der Waals surface area contributed by atoms with Gasteiger partial charge in [0.05, 0.1) is 17.1 Å². The van der Waals surface area contributed by atoms with Gasteiger partial charge in [-0.25, -0.2) is 4.39 Å². The van der Waals surface area contributed by atoms with Crippen LogP contribution >= 0.6 is 0 Å². The van der Waals surface area contributed by atoms with E-state index >= 15 is 0 Å². The van der Waals surface area contributed by atoms with E-state index in [4.69, 9.17) is 5.73 Å². The molecule has 0 saturated carbocycles. The summed E-state index contributed by atoms with van der Waals surface area (Å²) >= 11 is 0. The number of aryl methyl sites for hydroxylation is 2. The second-order valence-corrected chi connectivity index (χ2v) is 4.60. The SMILES string of the molecule is Cc1ccn(CCCC(=O)Nc2ccc(F)cc2N)n1. The number of nitrogen functional groups attached to an aromatic ring is 1. The van der Waals surface area contributed by atoms with E-state index in [0.717, 1.165) is 5.69 Å². The Labute approximate surface area is 116 Å². The van der Waals surface area contributed by atoms with Crippen molar-refractivity contribution in [1.82, 2.24) is 9.78 Å². The molecule has 5 nitrogen and oxygen atoms in total. The summed E-state index contributed by atoms with van der Waals surface area (Å²) in [6.45, 7) is 2.60. The molecule has 1 aromatic carbocycles. The predicted octanol–water partition coefficient (Wildman–Crippen LogP) is 2.33. The number of rotatable bonds is 5. The average Bonchev–Trinajstić information content (AvgIpc) is 2.79. The molecule has 0 atom stereocenters. The number of anilines is 2. The molecule has 2 aromatic rings. The largest absolute Gasteiger partial charge is 0.397 e. The number of amides is 1. The van der Waals surface area contributed by atoms with Crippen LogP contribution in [0.25, 0.3) is 0 Å². The predicted molar refractivity (Wildman–Crippen MR) is 75.6 cm³/mol. The third kappa shape index (κ3) is 3.81. The van der Waals surface area contributed by atoms with Crippen molar-refractivity contribution >= 4 is 17.3 Å². The number of carbonyl (C=O) groups is 1. The number of hydrogen-bond donors (Lipinski definition) is 2. The van der Waals surface area contributed by atoms with Crippen LogP contribution in [0.3, 0.4) is 0 Å². The van der Waals surface area contributed by atoms with Gasteiger partial charge in [-0.15, -0.1) is 0 Å². The lowest BCUT2D eigenvalue weighted by Gasteiger charge is -2.08. The van der Waals surface area contributed by atoms with Crippen molar-refractivity contribution in [2.45, 2.75) is 26.3 Å². The molecule has 0 aliphatic rings. The molecular weight excluding hydrogens is 259 g/mol. The van der Waals surface area contributed by atoms with Gasteiger partial charge in [0.25, 0.3) is 0 Å². The lowest BCUT2D eigenvalue weighted by molar-refractivity contribution is -0.116. The van der Waals surface area contributed by atoms with E-state index in [1.807, 2.05) is 19.2 Å². The van der Waals surface area contributed by atoms with Gasteiger partial charge >= 0.3 is 0 Å². The average molecular weight is 276 g/mol. The van der Waals surface area contributed by atoms with Gasteiger partial charge in [-0.2, -0.15) is 5.10 Å². The molecule has 0 unspecified atom stereocenters. The van der Waals surface area contributed by atoms with Crippen LogP contribution in [-0.2, 0) is 11.3 Å². The van der Waals surface area contributed by atoms with E-state index in [-0.39, 0.29) is 11.6 Å². The van der Waals surface area contributed by atoms with Gasteiger partial charge in [-0.05, 0) is 37.6 Å².